The molecule has 0 atom stereocenters. The number of nitrogens with zero attached hydrogens (tertiary/aromatic N) is 1. The van der Waals surface area contributed by atoms with E-state index in [1.54, 1.807) is 6.07 Å². The summed E-state index contributed by atoms with van der Waals surface area (Å²) >= 11 is 0. The Kier molecular flexibility index (Phi) is 3.14. The zero-order valence-corrected chi connectivity index (χ0v) is 6.94. The maximum atomic E-state index is 12.9. The Labute approximate surface area is 78.8 Å². The number of benzene rings is 1. The third kappa shape index (κ3) is 2.05. The van der Waals surface area contributed by atoms with Gasteiger partial charge in [-0.2, -0.15) is 5.26 Å². The van der Waals surface area contributed by atoms with Crippen LogP contribution in [0.2, 0.25) is 0 Å². The molecule has 0 unspecified atom stereocenters. The first kappa shape index (κ1) is 10.1. The van der Waals surface area contributed by atoms with E-state index in [1.807, 2.05) is 0 Å². The lowest BCUT2D eigenvalue weighted by Gasteiger charge is -1.96. The molecule has 0 aromatic heterocycles. The van der Waals surface area contributed by atoms with Gasteiger partial charge in [0.2, 0.25) is 0 Å². The van der Waals surface area contributed by atoms with E-state index in [0.29, 0.717) is 0 Å². The van der Waals surface area contributed by atoms with Crippen molar-refractivity contribution >= 4 is 0 Å². The number of hydrogen-bond donors (Lipinski definition) is 0. The van der Waals surface area contributed by atoms with E-state index in [2.05, 4.69) is 11.8 Å². The number of hydrogen-bond acceptors (Lipinski definition) is 1. The summed E-state index contributed by atoms with van der Waals surface area (Å²) in [6.07, 6.45) is -0.0849. The minimum atomic E-state index is -1.55. The minimum absolute atomic E-state index is 0.0849. The molecule has 0 N–H and O–H groups in total. The van der Waals surface area contributed by atoms with Crippen molar-refractivity contribution in [2.24, 2.45) is 0 Å². The monoisotopic (exact) mass is 195 g/mol. The van der Waals surface area contributed by atoms with Crippen molar-refractivity contribution in [2.45, 2.75) is 6.42 Å². The average Bonchev–Trinajstić information content (AvgIpc) is 2.18. The van der Waals surface area contributed by atoms with E-state index < -0.39 is 17.5 Å². The molecule has 0 spiro atoms. The second-order valence-electron chi connectivity index (χ2n) is 2.36. The molecule has 0 aliphatic heterocycles. The maximum absolute atomic E-state index is 12.9. The summed E-state index contributed by atoms with van der Waals surface area (Å²) in [6.45, 7) is 0. The van der Waals surface area contributed by atoms with Crippen LogP contribution in [0.5, 0.6) is 0 Å². The van der Waals surface area contributed by atoms with Gasteiger partial charge in [-0.3, -0.25) is 0 Å². The first-order valence-corrected chi connectivity index (χ1v) is 3.66. The fourth-order valence-corrected chi connectivity index (χ4v) is 0.801. The summed E-state index contributed by atoms with van der Waals surface area (Å²) < 4.78 is 37.9. The zero-order valence-electron chi connectivity index (χ0n) is 6.94. The highest BCUT2D eigenvalue weighted by Crippen LogP contribution is 2.13. The van der Waals surface area contributed by atoms with E-state index in [4.69, 9.17) is 5.26 Å². The Morgan fingerprint density at radius 3 is 2.50 bits per heavy atom. The average molecular weight is 195 g/mol. The lowest BCUT2D eigenvalue weighted by atomic mass is 10.2. The standard InChI is InChI=1S/C10H4F3N/c11-8-5-4-7(3-1-2-6-14)9(12)10(8)13/h4-5H,2H2. The van der Waals surface area contributed by atoms with Crippen LogP contribution in [-0.4, -0.2) is 0 Å². The van der Waals surface area contributed by atoms with Gasteiger partial charge in [-0.05, 0) is 12.1 Å². The smallest absolute Gasteiger partial charge is 0.195 e. The molecule has 0 saturated carbocycles. The van der Waals surface area contributed by atoms with Crippen LogP contribution in [0.4, 0.5) is 13.2 Å². The van der Waals surface area contributed by atoms with Gasteiger partial charge >= 0.3 is 0 Å². The fourth-order valence-electron chi connectivity index (χ4n) is 0.801. The summed E-state index contributed by atoms with van der Waals surface area (Å²) in [5.41, 5.74) is -0.251. The highest BCUT2D eigenvalue weighted by Gasteiger charge is 2.11. The maximum Gasteiger partial charge on any atom is 0.195 e. The van der Waals surface area contributed by atoms with E-state index in [1.165, 1.54) is 0 Å². The first-order valence-electron chi connectivity index (χ1n) is 3.66. The molecule has 1 nitrogen and oxygen atoms in total. The van der Waals surface area contributed by atoms with Crippen molar-refractivity contribution in [1.82, 2.24) is 0 Å². The van der Waals surface area contributed by atoms with Gasteiger partial charge in [0.25, 0.3) is 0 Å². The molecular weight excluding hydrogens is 191 g/mol. The number of rotatable bonds is 0. The number of halogens is 3. The van der Waals surface area contributed by atoms with Gasteiger partial charge in [-0.15, -0.1) is 0 Å². The molecule has 0 heterocycles. The molecule has 14 heavy (non-hydrogen) atoms. The molecule has 0 radical (unpaired) electrons. The SMILES string of the molecule is N#CCC#Cc1ccc(F)c(F)c1F. The molecule has 0 fully saturated rings. The predicted molar refractivity (Wildman–Crippen MR) is 43.4 cm³/mol. The van der Waals surface area contributed by atoms with Crippen LogP contribution in [0.25, 0.3) is 0 Å². The van der Waals surface area contributed by atoms with Gasteiger partial charge in [-0.1, -0.05) is 11.8 Å². The van der Waals surface area contributed by atoms with Crippen molar-refractivity contribution in [2.75, 3.05) is 0 Å². The Bertz CT molecular complexity index is 449. The van der Waals surface area contributed by atoms with Crippen LogP contribution in [0.3, 0.4) is 0 Å². The Morgan fingerprint density at radius 1 is 1.14 bits per heavy atom. The lowest BCUT2D eigenvalue weighted by molar-refractivity contribution is 0.446. The molecule has 0 bridgehead atoms. The third-order valence-corrected chi connectivity index (χ3v) is 1.43. The van der Waals surface area contributed by atoms with Crippen molar-refractivity contribution < 1.29 is 13.2 Å². The number of nitriles is 1. The largest absolute Gasteiger partial charge is 0.204 e. The van der Waals surface area contributed by atoms with Gasteiger partial charge in [-0.25, -0.2) is 13.2 Å². The normalized spacial score (nSPS) is 8.71. The minimum Gasteiger partial charge on any atom is -0.204 e. The summed E-state index contributed by atoms with van der Waals surface area (Å²) in [5, 5.41) is 8.13. The molecule has 1 rings (SSSR count). The molecule has 0 aliphatic rings. The first-order chi connectivity index (χ1) is 6.66. The molecule has 1 aromatic carbocycles. The van der Waals surface area contributed by atoms with Gasteiger partial charge in [0.1, 0.15) is 0 Å². The van der Waals surface area contributed by atoms with Crippen LogP contribution >= 0.6 is 0 Å². The predicted octanol–water partition coefficient (Wildman–Crippen LogP) is 2.37. The molecule has 1 aromatic rings. The molecule has 0 saturated heterocycles. The summed E-state index contributed by atoms with van der Waals surface area (Å²) in [6, 6.07) is 3.53. The second-order valence-corrected chi connectivity index (χ2v) is 2.36. The van der Waals surface area contributed by atoms with Gasteiger partial charge in [0, 0.05) is 0 Å². The fraction of sp³-hybridized carbons (Fsp3) is 0.100. The van der Waals surface area contributed by atoms with E-state index in [-0.39, 0.29) is 12.0 Å². The topological polar surface area (TPSA) is 23.8 Å². The van der Waals surface area contributed by atoms with Crippen molar-refractivity contribution in [3.63, 3.8) is 0 Å². The van der Waals surface area contributed by atoms with Crippen LogP contribution in [-0.2, 0) is 0 Å². The van der Waals surface area contributed by atoms with E-state index in [0.717, 1.165) is 12.1 Å². The van der Waals surface area contributed by atoms with E-state index in [9.17, 15) is 13.2 Å². The quantitative estimate of drug-likeness (QED) is 0.460. The van der Waals surface area contributed by atoms with Gasteiger partial charge < -0.3 is 0 Å². The van der Waals surface area contributed by atoms with Crippen molar-refractivity contribution in [1.29, 1.82) is 5.26 Å². The summed E-state index contributed by atoms with van der Waals surface area (Å²) in [7, 11) is 0. The molecule has 0 aliphatic carbocycles. The van der Waals surface area contributed by atoms with Gasteiger partial charge in [0.15, 0.2) is 17.5 Å². The summed E-state index contributed by atoms with van der Waals surface area (Å²) in [5.74, 6) is 0.399. The second kappa shape index (κ2) is 4.34. The zero-order chi connectivity index (χ0) is 10.6. The molecular formula is C10H4F3N. The highest BCUT2D eigenvalue weighted by molar-refractivity contribution is 5.36. The molecule has 4 heteroatoms. The molecule has 70 valence electrons. The Balaban J connectivity index is 3.09. The van der Waals surface area contributed by atoms with Crippen LogP contribution in [0.15, 0.2) is 12.1 Å². The highest BCUT2D eigenvalue weighted by atomic mass is 19.2. The van der Waals surface area contributed by atoms with E-state index >= 15 is 0 Å². The van der Waals surface area contributed by atoms with Gasteiger partial charge in [0.05, 0.1) is 18.1 Å². The lowest BCUT2D eigenvalue weighted by Crippen LogP contribution is -1.93. The van der Waals surface area contributed by atoms with Crippen molar-refractivity contribution in [3.05, 3.63) is 35.1 Å². The van der Waals surface area contributed by atoms with Crippen LogP contribution in [0, 0.1) is 40.6 Å². The Morgan fingerprint density at radius 2 is 1.86 bits per heavy atom. The summed E-state index contributed by atoms with van der Waals surface area (Å²) in [4.78, 5) is 0. The van der Waals surface area contributed by atoms with Crippen molar-refractivity contribution in [3.8, 4) is 17.9 Å². The van der Waals surface area contributed by atoms with Crippen LogP contribution < -0.4 is 0 Å². The third-order valence-electron chi connectivity index (χ3n) is 1.43. The Hall–Kier alpha value is -1.94. The van der Waals surface area contributed by atoms with Crippen LogP contribution in [0.1, 0.15) is 12.0 Å². The molecule has 0 amide bonds.